The standard InChI is InChI=1S/C19H27ClN2O.ClH/c20-18-8-4-1-5-16(18)14-22(17-6-2-3-7-17)19(23)10-9-15-11-12-21-13-15;/h1,4-5,8,15,17,21H,2-3,6-7,9-14H2;1H. The molecule has 0 radical (unpaired) electrons. The lowest BCUT2D eigenvalue weighted by Gasteiger charge is -2.30. The third-order valence-electron chi connectivity index (χ3n) is 5.31. The molecule has 3 rings (SSSR count). The molecule has 2 fully saturated rings. The number of benzene rings is 1. The maximum absolute atomic E-state index is 12.9. The third-order valence-corrected chi connectivity index (χ3v) is 5.68. The van der Waals surface area contributed by atoms with Crippen molar-refractivity contribution in [1.82, 2.24) is 10.2 Å². The minimum Gasteiger partial charge on any atom is -0.335 e. The average molecular weight is 371 g/mol. The fourth-order valence-electron chi connectivity index (χ4n) is 3.88. The van der Waals surface area contributed by atoms with E-state index < -0.39 is 0 Å². The summed E-state index contributed by atoms with van der Waals surface area (Å²) in [5.41, 5.74) is 1.07. The zero-order chi connectivity index (χ0) is 16.1. The molecule has 0 spiro atoms. The van der Waals surface area contributed by atoms with Crippen LogP contribution >= 0.6 is 24.0 Å². The first-order valence-corrected chi connectivity index (χ1v) is 9.35. The first kappa shape index (κ1) is 19.6. The predicted molar refractivity (Wildman–Crippen MR) is 102 cm³/mol. The highest BCUT2D eigenvalue weighted by Crippen LogP contribution is 2.28. The number of rotatable bonds is 6. The highest BCUT2D eigenvalue weighted by Gasteiger charge is 2.27. The largest absolute Gasteiger partial charge is 0.335 e. The van der Waals surface area contributed by atoms with Crippen LogP contribution in [0.15, 0.2) is 24.3 Å². The van der Waals surface area contributed by atoms with Crippen molar-refractivity contribution in [3.63, 3.8) is 0 Å². The number of amides is 1. The maximum Gasteiger partial charge on any atom is 0.223 e. The van der Waals surface area contributed by atoms with Crippen molar-refractivity contribution in [1.29, 1.82) is 0 Å². The molecule has 1 unspecified atom stereocenters. The van der Waals surface area contributed by atoms with Gasteiger partial charge >= 0.3 is 0 Å². The molecule has 2 aliphatic rings. The first-order valence-electron chi connectivity index (χ1n) is 8.97. The fraction of sp³-hybridized carbons (Fsp3) is 0.632. The van der Waals surface area contributed by atoms with Crippen LogP contribution in [0.4, 0.5) is 0 Å². The van der Waals surface area contributed by atoms with Crippen molar-refractivity contribution >= 4 is 29.9 Å². The Labute approximate surface area is 156 Å². The van der Waals surface area contributed by atoms with Crippen LogP contribution in [0.25, 0.3) is 0 Å². The second-order valence-corrected chi connectivity index (χ2v) is 7.36. The molecule has 1 aromatic rings. The zero-order valence-corrected chi connectivity index (χ0v) is 15.7. The van der Waals surface area contributed by atoms with Gasteiger partial charge in [0, 0.05) is 24.0 Å². The smallest absolute Gasteiger partial charge is 0.223 e. The van der Waals surface area contributed by atoms with Crippen LogP contribution in [-0.4, -0.2) is 29.9 Å². The van der Waals surface area contributed by atoms with Crippen molar-refractivity contribution in [2.75, 3.05) is 13.1 Å². The molecule has 1 aliphatic heterocycles. The molecule has 0 aromatic heterocycles. The minimum absolute atomic E-state index is 0. The summed E-state index contributed by atoms with van der Waals surface area (Å²) in [6, 6.07) is 8.31. The molecule has 1 aromatic carbocycles. The zero-order valence-electron chi connectivity index (χ0n) is 14.2. The predicted octanol–water partition coefficient (Wildman–Crippen LogP) is 4.42. The normalized spacial score (nSPS) is 20.8. The Balaban J connectivity index is 0.00000208. The summed E-state index contributed by atoms with van der Waals surface area (Å²) in [5.74, 6) is 0.980. The van der Waals surface area contributed by atoms with Gasteiger partial charge in [-0.3, -0.25) is 4.79 Å². The lowest BCUT2D eigenvalue weighted by Crippen LogP contribution is -2.38. The molecule has 1 saturated carbocycles. The second-order valence-electron chi connectivity index (χ2n) is 6.95. The summed E-state index contributed by atoms with van der Waals surface area (Å²) >= 11 is 6.31. The summed E-state index contributed by atoms with van der Waals surface area (Å²) in [6.07, 6.45) is 7.65. The molecule has 5 heteroatoms. The van der Waals surface area contributed by atoms with Crippen LogP contribution in [-0.2, 0) is 11.3 Å². The van der Waals surface area contributed by atoms with Gasteiger partial charge in [-0.2, -0.15) is 0 Å². The Morgan fingerprint density at radius 1 is 1.21 bits per heavy atom. The van der Waals surface area contributed by atoms with E-state index >= 15 is 0 Å². The molecule has 0 bridgehead atoms. The number of carbonyl (C=O) groups excluding carboxylic acids is 1. The Hall–Kier alpha value is -0.770. The third kappa shape index (κ3) is 5.11. The van der Waals surface area contributed by atoms with Crippen LogP contribution in [0.3, 0.4) is 0 Å². The number of nitrogens with one attached hydrogen (secondary N) is 1. The Bertz CT molecular complexity index is 526. The Morgan fingerprint density at radius 2 is 1.96 bits per heavy atom. The van der Waals surface area contributed by atoms with Gasteiger partial charge in [0.1, 0.15) is 0 Å². The van der Waals surface area contributed by atoms with Gasteiger partial charge < -0.3 is 10.2 Å². The highest BCUT2D eigenvalue weighted by atomic mass is 35.5. The monoisotopic (exact) mass is 370 g/mol. The van der Waals surface area contributed by atoms with Crippen molar-refractivity contribution in [2.24, 2.45) is 5.92 Å². The van der Waals surface area contributed by atoms with E-state index in [0.29, 0.717) is 30.8 Å². The second kappa shape index (κ2) is 9.65. The molecular weight excluding hydrogens is 343 g/mol. The van der Waals surface area contributed by atoms with Gasteiger partial charge in [-0.1, -0.05) is 42.6 Å². The number of nitrogens with zero attached hydrogens (tertiary/aromatic N) is 1. The Kier molecular flexibility index (Phi) is 7.86. The van der Waals surface area contributed by atoms with Crippen molar-refractivity contribution in [3.8, 4) is 0 Å². The van der Waals surface area contributed by atoms with E-state index in [9.17, 15) is 4.79 Å². The van der Waals surface area contributed by atoms with E-state index in [1.54, 1.807) is 0 Å². The number of halogens is 2. The van der Waals surface area contributed by atoms with E-state index in [1.807, 2.05) is 24.3 Å². The average Bonchev–Trinajstić information content (AvgIpc) is 3.25. The SMILES string of the molecule is Cl.O=C(CCC1CCNC1)N(Cc1ccccc1Cl)C1CCCC1. The molecule has 3 nitrogen and oxygen atoms in total. The van der Waals surface area contributed by atoms with E-state index in [2.05, 4.69) is 10.2 Å². The lowest BCUT2D eigenvalue weighted by molar-refractivity contribution is -0.134. The van der Waals surface area contributed by atoms with Gasteiger partial charge in [0.25, 0.3) is 0 Å². The molecule has 1 amide bonds. The summed E-state index contributed by atoms with van der Waals surface area (Å²) in [6.45, 7) is 2.83. The van der Waals surface area contributed by atoms with Gasteiger partial charge in [-0.25, -0.2) is 0 Å². The molecule has 24 heavy (non-hydrogen) atoms. The van der Waals surface area contributed by atoms with E-state index in [1.165, 1.54) is 19.3 Å². The Morgan fingerprint density at radius 3 is 2.62 bits per heavy atom. The van der Waals surface area contributed by atoms with E-state index in [-0.39, 0.29) is 12.4 Å². The minimum atomic E-state index is 0. The van der Waals surface area contributed by atoms with Crippen molar-refractivity contribution in [3.05, 3.63) is 34.9 Å². The highest BCUT2D eigenvalue weighted by molar-refractivity contribution is 6.31. The first-order chi connectivity index (χ1) is 11.2. The molecular formula is C19H28Cl2N2O. The molecule has 1 heterocycles. The maximum atomic E-state index is 12.9. The summed E-state index contributed by atoms with van der Waals surface area (Å²) < 4.78 is 0. The van der Waals surface area contributed by atoms with Gasteiger partial charge in [0.05, 0.1) is 0 Å². The quantitative estimate of drug-likeness (QED) is 0.803. The van der Waals surface area contributed by atoms with Crippen molar-refractivity contribution < 1.29 is 4.79 Å². The summed E-state index contributed by atoms with van der Waals surface area (Å²) in [5, 5.41) is 4.15. The topological polar surface area (TPSA) is 32.3 Å². The van der Waals surface area contributed by atoms with Crippen LogP contribution < -0.4 is 5.32 Å². The van der Waals surface area contributed by atoms with Crippen LogP contribution in [0, 0.1) is 5.92 Å². The van der Waals surface area contributed by atoms with Crippen LogP contribution in [0.2, 0.25) is 5.02 Å². The summed E-state index contributed by atoms with van der Waals surface area (Å²) in [7, 11) is 0. The lowest BCUT2D eigenvalue weighted by atomic mass is 10.0. The molecule has 134 valence electrons. The molecule has 1 saturated heterocycles. The molecule has 1 aliphatic carbocycles. The molecule has 1 N–H and O–H groups in total. The number of carbonyl (C=O) groups is 1. The fourth-order valence-corrected chi connectivity index (χ4v) is 4.07. The van der Waals surface area contributed by atoms with E-state index in [4.69, 9.17) is 11.6 Å². The molecule has 1 atom stereocenters. The van der Waals surface area contributed by atoms with Crippen LogP contribution in [0.5, 0.6) is 0 Å². The van der Waals surface area contributed by atoms with Gasteiger partial charge in [0.15, 0.2) is 0 Å². The number of hydrogen-bond donors (Lipinski definition) is 1. The van der Waals surface area contributed by atoms with Crippen LogP contribution in [0.1, 0.15) is 50.5 Å². The van der Waals surface area contributed by atoms with Crippen molar-refractivity contribution in [2.45, 2.75) is 57.5 Å². The number of hydrogen-bond acceptors (Lipinski definition) is 2. The summed E-state index contributed by atoms with van der Waals surface area (Å²) in [4.78, 5) is 15.0. The van der Waals surface area contributed by atoms with Gasteiger partial charge in [-0.05, 0) is 56.3 Å². The van der Waals surface area contributed by atoms with E-state index in [0.717, 1.165) is 42.9 Å². The van der Waals surface area contributed by atoms with Gasteiger partial charge in [0.2, 0.25) is 5.91 Å². The van der Waals surface area contributed by atoms with Gasteiger partial charge in [-0.15, -0.1) is 12.4 Å².